The summed E-state index contributed by atoms with van der Waals surface area (Å²) in [5, 5.41) is 8.26. The first kappa shape index (κ1) is 16.8. The minimum Gasteiger partial charge on any atom is -0.422 e. The van der Waals surface area contributed by atoms with Gasteiger partial charge in [-0.05, 0) is 24.3 Å². The fourth-order valence-corrected chi connectivity index (χ4v) is 4.33. The highest BCUT2D eigenvalue weighted by Gasteiger charge is 2.26. The number of nitrogens with one attached hydrogen (secondary N) is 1. The molecule has 0 radical (unpaired) electrons. The zero-order chi connectivity index (χ0) is 19.1. The molecule has 28 heavy (non-hydrogen) atoms. The Labute approximate surface area is 164 Å². The number of carbonyl (C=O) groups excluding carboxylic acids is 1. The van der Waals surface area contributed by atoms with Crippen molar-refractivity contribution in [2.24, 2.45) is 0 Å². The molecule has 138 valence electrons. The molecule has 0 atom stereocenters. The Bertz CT molecular complexity index is 1260. The molecule has 0 unspecified atom stereocenters. The van der Waals surface area contributed by atoms with E-state index in [-0.39, 0.29) is 5.56 Å². The number of aromatic nitrogens is 2. The Morgan fingerprint density at radius 1 is 1.07 bits per heavy atom. The second kappa shape index (κ2) is 6.69. The van der Waals surface area contributed by atoms with Gasteiger partial charge in [-0.2, -0.15) is 16.9 Å². The first-order valence-corrected chi connectivity index (χ1v) is 9.94. The van der Waals surface area contributed by atoms with E-state index in [2.05, 4.69) is 10.4 Å². The molecule has 2 aromatic carbocycles. The Morgan fingerprint density at radius 2 is 1.86 bits per heavy atom. The molecule has 5 rings (SSSR count). The lowest BCUT2D eigenvalue weighted by atomic mass is 10.1. The van der Waals surface area contributed by atoms with E-state index in [0.717, 1.165) is 28.5 Å². The molecular formula is C21H15N3O3S. The quantitative estimate of drug-likeness (QED) is 0.537. The van der Waals surface area contributed by atoms with Gasteiger partial charge in [0.25, 0.3) is 5.91 Å². The lowest BCUT2D eigenvalue weighted by Gasteiger charge is -2.11. The van der Waals surface area contributed by atoms with Crippen molar-refractivity contribution >= 4 is 34.5 Å². The second-order valence-electron chi connectivity index (χ2n) is 6.45. The van der Waals surface area contributed by atoms with Crippen LogP contribution in [0.3, 0.4) is 0 Å². The molecule has 6 nitrogen and oxygen atoms in total. The van der Waals surface area contributed by atoms with Gasteiger partial charge < -0.3 is 9.73 Å². The zero-order valence-electron chi connectivity index (χ0n) is 14.7. The van der Waals surface area contributed by atoms with Crippen LogP contribution in [-0.2, 0) is 11.5 Å². The van der Waals surface area contributed by atoms with Gasteiger partial charge in [-0.25, -0.2) is 9.48 Å². The monoisotopic (exact) mass is 389 g/mol. The highest BCUT2D eigenvalue weighted by atomic mass is 32.2. The van der Waals surface area contributed by atoms with E-state index >= 15 is 0 Å². The van der Waals surface area contributed by atoms with Crippen molar-refractivity contribution in [1.82, 2.24) is 9.78 Å². The number of nitrogens with zero attached hydrogens (tertiary/aromatic N) is 2. The van der Waals surface area contributed by atoms with Crippen LogP contribution in [0.4, 0.5) is 5.82 Å². The molecule has 1 aliphatic rings. The lowest BCUT2D eigenvalue weighted by Crippen LogP contribution is -2.22. The standard InChI is InChI=1S/C21H15N3O3S/c25-20(15-10-13-6-4-5-9-18(13)27-21(15)26)22-19-16-11-28-12-17(16)23-24(19)14-7-2-1-3-8-14/h1-10H,11-12H2,(H,22,25). The fourth-order valence-electron chi connectivity index (χ4n) is 3.29. The first-order valence-electron chi connectivity index (χ1n) is 8.79. The number of benzene rings is 2. The summed E-state index contributed by atoms with van der Waals surface area (Å²) < 4.78 is 7.02. The molecule has 4 aromatic rings. The van der Waals surface area contributed by atoms with Crippen LogP contribution in [0.1, 0.15) is 21.6 Å². The molecule has 7 heteroatoms. The molecule has 1 aliphatic heterocycles. The number of rotatable bonds is 3. The van der Waals surface area contributed by atoms with Crippen molar-refractivity contribution in [2.45, 2.75) is 11.5 Å². The summed E-state index contributed by atoms with van der Waals surface area (Å²) in [5.41, 5.74) is 2.56. The summed E-state index contributed by atoms with van der Waals surface area (Å²) in [6.45, 7) is 0. The van der Waals surface area contributed by atoms with Gasteiger partial charge >= 0.3 is 5.63 Å². The normalized spacial score (nSPS) is 12.9. The van der Waals surface area contributed by atoms with Crippen molar-refractivity contribution < 1.29 is 9.21 Å². The molecule has 1 N–H and O–H groups in total. The van der Waals surface area contributed by atoms with Crippen LogP contribution >= 0.6 is 11.8 Å². The first-order chi connectivity index (χ1) is 13.7. The Balaban J connectivity index is 1.57. The minimum absolute atomic E-state index is 0.0288. The summed E-state index contributed by atoms with van der Waals surface area (Å²) in [7, 11) is 0. The van der Waals surface area contributed by atoms with Crippen LogP contribution in [0.5, 0.6) is 0 Å². The van der Waals surface area contributed by atoms with Crippen LogP contribution < -0.4 is 10.9 Å². The van der Waals surface area contributed by atoms with E-state index in [4.69, 9.17) is 4.42 Å². The van der Waals surface area contributed by atoms with Gasteiger partial charge in [-0.3, -0.25) is 4.79 Å². The van der Waals surface area contributed by atoms with E-state index in [1.807, 2.05) is 36.4 Å². The molecule has 2 aromatic heterocycles. The van der Waals surface area contributed by atoms with Crippen LogP contribution in [-0.4, -0.2) is 15.7 Å². The molecule has 0 fully saturated rings. The largest absolute Gasteiger partial charge is 0.422 e. The van der Waals surface area contributed by atoms with Crippen LogP contribution in [0.2, 0.25) is 0 Å². The van der Waals surface area contributed by atoms with Crippen LogP contribution in [0.25, 0.3) is 16.7 Å². The van der Waals surface area contributed by atoms with Gasteiger partial charge in [0.2, 0.25) is 0 Å². The third-order valence-electron chi connectivity index (χ3n) is 4.67. The summed E-state index contributed by atoms with van der Waals surface area (Å²) in [4.78, 5) is 25.3. The lowest BCUT2D eigenvalue weighted by molar-refractivity contribution is 0.102. The van der Waals surface area contributed by atoms with E-state index in [1.165, 1.54) is 0 Å². The summed E-state index contributed by atoms with van der Waals surface area (Å²) in [6.07, 6.45) is 0. The number of hydrogen-bond acceptors (Lipinski definition) is 5. The average Bonchev–Trinajstić information content (AvgIpc) is 3.30. The Hall–Kier alpha value is -3.32. The summed E-state index contributed by atoms with van der Waals surface area (Å²) >= 11 is 1.75. The highest BCUT2D eigenvalue weighted by molar-refractivity contribution is 7.98. The maximum absolute atomic E-state index is 12.9. The molecule has 3 heterocycles. The van der Waals surface area contributed by atoms with Crippen molar-refractivity contribution in [3.8, 4) is 5.69 Å². The Morgan fingerprint density at radius 3 is 2.71 bits per heavy atom. The topological polar surface area (TPSA) is 77.1 Å². The fraction of sp³-hybridized carbons (Fsp3) is 0.0952. The second-order valence-corrected chi connectivity index (χ2v) is 7.44. The number of para-hydroxylation sites is 2. The van der Waals surface area contributed by atoms with Crippen molar-refractivity contribution in [2.75, 3.05) is 5.32 Å². The Kier molecular flexibility index (Phi) is 4.02. The number of hydrogen-bond donors (Lipinski definition) is 1. The minimum atomic E-state index is -0.659. The molecule has 0 aliphatic carbocycles. The predicted molar refractivity (Wildman–Crippen MR) is 109 cm³/mol. The molecule has 1 amide bonds. The van der Waals surface area contributed by atoms with Crippen molar-refractivity contribution in [1.29, 1.82) is 0 Å². The SMILES string of the molecule is O=C(Nc1c2c(nn1-c1ccccc1)CSC2)c1cc2ccccc2oc1=O. The maximum Gasteiger partial charge on any atom is 0.349 e. The molecule has 0 saturated carbocycles. The van der Waals surface area contributed by atoms with Gasteiger partial charge in [0, 0.05) is 22.5 Å². The smallest absolute Gasteiger partial charge is 0.349 e. The molecular weight excluding hydrogens is 374 g/mol. The molecule has 0 saturated heterocycles. The van der Waals surface area contributed by atoms with Crippen molar-refractivity contribution in [3.63, 3.8) is 0 Å². The third kappa shape index (κ3) is 2.80. The predicted octanol–water partition coefficient (Wildman–Crippen LogP) is 3.98. The maximum atomic E-state index is 12.9. The summed E-state index contributed by atoms with van der Waals surface area (Å²) in [5.74, 6) is 1.67. The number of amides is 1. The number of carbonyl (C=O) groups is 1. The average molecular weight is 389 g/mol. The molecule has 0 bridgehead atoms. The van der Waals surface area contributed by atoms with Gasteiger partial charge in [0.1, 0.15) is 17.0 Å². The van der Waals surface area contributed by atoms with E-state index in [0.29, 0.717) is 16.8 Å². The van der Waals surface area contributed by atoms with Crippen LogP contribution in [0.15, 0.2) is 69.9 Å². The van der Waals surface area contributed by atoms with E-state index in [1.54, 1.807) is 40.7 Å². The van der Waals surface area contributed by atoms with E-state index < -0.39 is 11.5 Å². The zero-order valence-corrected chi connectivity index (χ0v) is 15.5. The van der Waals surface area contributed by atoms with Gasteiger partial charge in [-0.15, -0.1) is 0 Å². The highest BCUT2D eigenvalue weighted by Crippen LogP contribution is 2.36. The summed E-state index contributed by atoms with van der Waals surface area (Å²) in [6, 6.07) is 18.3. The number of thioether (sulfide) groups is 1. The van der Waals surface area contributed by atoms with Gasteiger partial charge in [0.05, 0.1) is 11.4 Å². The van der Waals surface area contributed by atoms with Gasteiger partial charge in [0.15, 0.2) is 0 Å². The van der Waals surface area contributed by atoms with Crippen LogP contribution in [0, 0.1) is 0 Å². The molecule has 0 spiro atoms. The van der Waals surface area contributed by atoms with E-state index in [9.17, 15) is 9.59 Å². The third-order valence-corrected chi connectivity index (χ3v) is 5.64. The number of anilines is 1. The number of fused-ring (bicyclic) bond motifs is 2. The van der Waals surface area contributed by atoms with Gasteiger partial charge in [-0.1, -0.05) is 36.4 Å². The van der Waals surface area contributed by atoms with Crippen molar-refractivity contribution in [3.05, 3.63) is 87.9 Å².